The molecule has 2 aromatic heterocycles. The van der Waals surface area contributed by atoms with E-state index in [1.54, 1.807) is 31.2 Å². The molecule has 0 radical (unpaired) electrons. The monoisotopic (exact) mass is 407 g/mol. The molecular weight excluding hydrogens is 389 g/mol. The molecule has 2 heterocycles. The van der Waals surface area contributed by atoms with Crippen LogP contribution in [0.15, 0.2) is 59.4 Å². The van der Waals surface area contributed by atoms with Crippen LogP contribution in [0.4, 0.5) is 10.1 Å². The van der Waals surface area contributed by atoms with Gasteiger partial charge in [-0.15, -0.1) is 0 Å². The smallest absolute Gasteiger partial charge is 0.274 e. The first kappa shape index (κ1) is 19.3. The van der Waals surface area contributed by atoms with Crippen molar-refractivity contribution in [1.29, 1.82) is 0 Å². The summed E-state index contributed by atoms with van der Waals surface area (Å²) in [5, 5.41) is 2.87. The first-order valence-electron chi connectivity index (χ1n) is 9.12. The minimum atomic E-state index is -0.418. The van der Waals surface area contributed by atoms with Gasteiger partial charge < -0.3 is 9.64 Å². The lowest BCUT2D eigenvalue weighted by molar-refractivity contribution is 0.0981. The van der Waals surface area contributed by atoms with Crippen molar-refractivity contribution in [3.63, 3.8) is 0 Å². The predicted molar refractivity (Wildman–Crippen MR) is 108 cm³/mol. The number of aromatic amines is 1. The van der Waals surface area contributed by atoms with Crippen LogP contribution in [0.5, 0.6) is 5.75 Å². The Balaban J connectivity index is 1.78. The molecule has 0 saturated heterocycles. The number of amides is 1. The van der Waals surface area contributed by atoms with Crippen molar-refractivity contribution in [3.8, 4) is 5.75 Å². The first-order chi connectivity index (χ1) is 14.5. The maximum absolute atomic E-state index is 13.5. The van der Waals surface area contributed by atoms with Crippen molar-refractivity contribution in [3.05, 3.63) is 87.9 Å². The number of ether oxygens (including phenoxy) is 1. The van der Waals surface area contributed by atoms with Crippen LogP contribution < -0.4 is 15.2 Å². The lowest BCUT2D eigenvalue weighted by Crippen LogP contribution is -2.31. The molecule has 0 spiro atoms. The van der Waals surface area contributed by atoms with Crippen LogP contribution >= 0.6 is 0 Å². The van der Waals surface area contributed by atoms with E-state index in [2.05, 4.69) is 15.1 Å². The standard InChI is InChI=1S/C21H18FN5O3/c1-13-11-19(28)27-21(23-13)24-18(25-27)12-26(15-9-7-14(22)8-10-15)20(29)16-5-3-4-6-17(16)30-2/h3-11H,12H2,1-2H3,(H,23,24,25). The highest BCUT2D eigenvalue weighted by molar-refractivity contribution is 6.07. The highest BCUT2D eigenvalue weighted by atomic mass is 19.1. The van der Waals surface area contributed by atoms with Gasteiger partial charge in [-0.2, -0.15) is 9.50 Å². The Morgan fingerprint density at radius 1 is 1.17 bits per heavy atom. The fourth-order valence-electron chi connectivity index (χ4n) is 3.13. The molecule has 0 saturated carbocycles. The zero-order valence-corrected chi connectivity index (χ0v) is 16.3. The number of aromatic nitrogens is 4. The van der Waals surface area contributed by atoms with Gasteiger partial charge in [-0.05, 0) is 43.3 Å². The van der Waals surface area contributed by atoms with Crippen LogP contribution in [0.25, 0.3) is 5.78 Å². The van der Waals surface area contributed by atoms with Crippen LogP contribution in [0, 0.1) is 12.7 Å². The number of aryl methyl sites for hydroxylation is 1. The SMILES string of the molecule is COc1ccccc1C(=O)N(Cc1nc2nc(C)cc(=O)n2[nH]1)c1ccc(F)cc1. The second-order valence-electron chi connectivity index (χ2n) is 6.61. The van der Waals surface area contributed by atoms with Crippen LogP contribution in [0.2, 0.25) is 0 Å². The van der Waals surface area contributed by atoms with Gasteiger partial charge in [0.15, 0.2) is 0 Å². The Bertz CT molecular complexity index is 1280. The maximum atomic E-state index is 13.5. The minimum Gasteiger partial charge on any atom is -0.496 e. The highest BCUT2D eigenvalue weighted by Crippen LogP contribution is 2.24. The lowest BCUT2D eigenvalue weighted by Gasteiger charge is -2.22. The van der Waals surface area contributed by atoms with E-state index in [0.29, 0.717) is 28.5 Å². The summed E-state index contributed by atoms with van der Waals surface area (Å²) >= 11 is 0. The average Bonchev–Trinajstić information content (AvgIpc) is 3.15. The van der Waals surface area contributed by atoms with Crippen LogP contribution in [-0.2, 0) is 6.54 Å². The molecule has 0 unspecified atom stereocenters. The zero-order chi connectivity index (χ0) is 21.3. The molecule has 152 valence electrons. The molecule has 4 aromatic rings. The molecule has 0 aliphatic heterocycles. The predicted octanol–water partition coefficient (Wildman–Crippen LogP) is 2.72. The molecule has 0 aliphatic rings. The summed E-state index contributed by atoms with van der Waals surface area (Å²) in [7, 11) is 1.48. The number of rotatable bonds is 5. The molecule has 1 amide bonds. The number of carbonyl (C=O) groups excluding carboxylic acids is 1. The minimum absolute atomic E-state index is 0.00433. The fourth-order valence-corrected chi connectivity index (χ4v) is 3.13. The number of halogens is 1. The molecule has 4 rings (SSSR count). The molecule has 30 heavy (non-hydrogen) atoms. The maximum Gasteiger partial charge on any atom is 0.274 e. The second kappa shape index (κ2) is 7.78. The van der Waals surface area contributed by atoms with Gasteiger partial charge >= 0.3 is 0 Å². The number of fused-ring (bicyclic) bond motifs is 1. The highest BCUT2D eigenvalue weighted by Gasteiger charge is 2.23. The van der Waals surface area contributed by atoms with Gasteiger partial charge in [-0.1, -0.05) is 12.1 Å². The van der Waals surface area contributed by atoms with Gasteiger partial charge in [-0.3, -0.25) is 14.7 Å². The molecule has 8 nitrogen and oxygen atoms in total. The molecule has 2 aromatic carbocycles. The quantitative estimate of drug-likeness (QED) is 0.549. The second-order valence-corrected chi connectivity index (χ2v) is 6.61. The van der Waals surface area contributed by atoms with E-state index in [4.69, 9.17) is 4.74 Å². The van der Waals surface area contributed by atoms with E-state index < -0.39 is 5.82 Å². The topological polar surface area (TPSA) is 92.6 Å². The van der Waals surface area contributed by atoms with Gasteiger partial charge in [0.05, 0.1) is 19.2 Å². The molecule has 0 atom stereocenters. The Morgan fingerprint density at radius 2 is 1.90 bits per heavy atom. The van der Waals surface area contributed by atoms with Crippen molar-refractivity contribution in [2.45, 2.75) is 13.5 Å². The van der Waals surface area contributed by atoms with Crippen molar-refractivity contribution in [2.24, 2.45) is 0 Å². The van der Waals surface area contributed by atoms with Crippen molar-refractivity contribution in [1.82, 2.24) is 19.6 Å². The fraction of sp³-hybridized carbons (Fsp3) is 0.143. The molecule has 9 heteroatoms. The molecule has 1 N–H and O–H groups in total. The van der Waals surface area contributed by atoms with Crippen LogP contribution in [0.3, 0.4) is 0 Å². The first-order valence-corrected chi connectivity index (χ1v) is 9.12. The van der Waals surface area contributed by atoms with E-state index in [-0.39, 0.29) is 23.8 Å². The van der Waals surface area contributed by atoms with Crippen LogP contribution in [-0.4, -0.2) is 32.6 Å². The van der Waals surface area contributed by atoms with E-state index in [0.717, 1.165) is 0 Å². The van der Waals surface area contributed by atoms with E-state index in [1.165, 1.54) is 46.9 Å². The number of H-pyrrole nitrogens is 1. The Labute approximate surface area is 170 Å². The number of nitrogens with zero attached hydrogens (tertiary/aromatic N) is 4. The number of methoxy groups -OCH3 is 1. The average molecular weight is 407 g/mol. The summed E-state index contributed by atoms with van der Waals surface area (Å²) in [5.74, 6) is 0.179. The van der Waals surface area contributed by atoms with Crippen molar-refractivity contribution < 1.29 is 13.9 Å². The largest absolute Gasteiger partial charge is 0.496 e. The summed E-state index contributed by atoms with van der Waals surface area (Å²) < 4.78 is 20.0. The number of carbonyl (C=O) groups is 1. The Morgan fingerprint density at radius 3 is 2.63 bits per heavy atom. The van der Waals surface area contributed by atoms with Gasteiger partial charge in [0.1, 0.15) is 17.4 Å². The lowest BCUT2D eigenvalue weighted by atomic mass is 10.1. The van der Waals surface area contributed by atoms with Crippen LogP contribution in [0.1, 0.15) is 21.9 Å². The molecule has 0 aliphatic carbocycles. The summed E-state index contributed by atoms with van der Waals surface area (Å²) in [6.45, 7) is 1.70. The number of hydrogen-bond acceptors (Lipinski definition) is 5. The summed E-state index contributed by atoms with van der Waals surface area (Å²) in [5.41, 5.74) is 1.04. The number of hydrogen-bond donors (Lipinski definition) is 1. The van der Waals surface area contributed by atoms with Gasteiger partial charge in [0, 0.05) is 17.4 Å². The molecule has 0 fully saturated rings. The third kappa shape index (κ3) is 3.64. The third-order valence-corrected chi connectivity index (χ3v) is 4.53. The van der Waals surface area contributed by atoms with Gasteiger partial charge in [0.2, 0.25) is 0 Å². The number of anilines is 1. The van der Waals surface area contributed by atoms with Gasteiger partial charge in [-0.25, -0.2) is 9.37 Å². The normalized spacial score (nSPS) is 10.9. The van der Waals surface area contributed by atoms with E-state index in [9.17, 15) is 14.0 Å². The van der Waals surface area contributed by atoms with Crippen molar-refractivity contribution >= 4 is 17.4 Å². The summed E-state index contributed by atoms with van der Waals surface area (Å²) in [6.07, 6.45) is 0. The third-order valence-electron chi connectivity index (χ3n) is 4.53. The van der Waals surface area contributed by atoms with E-state index in [1.807, 2.05) is 0 Å². The number of nitrogens with one attached hydrogen (secondary N) is 1. The Kier molecular flexibility index (Phi) is 5.01. The van der Waals surface area contributed by atoms with E-state index >= 15 is 0 Å². The number of benzene rings is 2. The summed E-state index contributed by atoms with van der Waals surface area (Å²) in [4.78, 5) is 35.5. The zero-order valence-electron chi connectivity index (χ0n) is 16.3. The Hall–Kier alpha value is -4.01. The molecule has 0 bridgehead atoms. The summed E-state index contributed by atoms with van der Waals surface area (Å²) in [6, 6.07) is 13.7. The molecular formula is C21H18FN5O3. The van der Waals surface area contributed by atoms with Gasteiger partial charge in [0.25, 0.3) is 17.2 Å². The van der Waals surface area contributed by atoms with Crippen molar-refractivity contribution in [2.75, 3.05) is 12.0 Å². The number of para-hydroxylation sites is 1.